The van der Waals surface area contributed by atoms with Gasteiger partial charge in [0.1, 0.15) is 0 Å². The highest BCUT2D eigenvalue weighted by atomic mass is 35.5. The number of anilines is 1. The van der Waals surface area contributed by atoms with Crippen molar-refractivity contribution in [3.63, 3.8) is 0 Å². The average Bonchev–Trinajstić information content (AvgIpc) is 2.27. The van der Waals surface area contributed by atoms with Crippen LogP contribution in [0.5, 0.6) is 0 Å². The average molecular weight is 270 g/mol. The minimum atomic E-state index is -4.42. The van der Waals surface area contributed by atoms with Crippen molar-refractivity contribution in [1.29, 1.82) is 0 Å². The minimum Gasteiger partial charge on any atom is -0.398 e. The van der Waals surface area contributed by atoms with Gasteiger partial charge in [-0.2, -0.15) is 13.2 Å². The summed E-state index contributed by atoms with van der Waals surface area (Å²) in [6, 6.07) is 2.05. The number of rotatable bonds is 0. The van der Waals surface area contributed by atoms with Gasteiger partial charge in [-0.05, 0) is 24.6 Å². The maximum Gasteiger partial charge on any atom is 0.417 e. The van der Waals surface area contributed by atoms with Crippen LogP contribution >= 0.6 is 11.6 Å². The molecule has 5 heteroatoms. The number of benzene rings is 1. The van der Waals surface area contributed by atoms with E-state index in [2.05, 4.69) is 0 Å². The number of hydrogen-bond acceptors (Lipinski definition) is 1. The van der Waals surface area contributed by atoms with E-state index < -0.39 is 11.7 Å². The fraction of sp³-hybridized carbons (Fsp3) is 0.500. The molecule has 0 saturated heterocycles. The Balaban J connectivity index is 0. The van der Waals surface area contributed by atoms with Crippen LogP contribution in [0.2, 0.25) is 5.02 Å². The lowest BCUT2D eigenvalue weighted by Gasteiger charge is -2.10. The molecule has 0 saturated carbocycles. The van der Waals surface area contributed by atoms with Crippen LogP contribution in [0.15, 0.2) is 12.1 Å². The van der Waals surface area contributed by atoms with E-state index in [0.717, 1.165) is 12.1 Å². The van der Waals surface area contributed by atoms with Gasteiger partial charge >= 0.3 is 6.18 Å². The third-order valence-electron chi connectivity index (χ3n) is 1.66. The van der Waals surface area contributed by atoms with Gasteiger partial charge in [0, 0.05) is 5.69 Å². The summed E-state index contributed by atoms with van der Waals surface area (Å²) in [6.45, 7) is 9.50. The largest absolute Gasteiger partial charge is 0.417 e. The van der Waals surface area contributed by atoms with Gasteiger partial charge in [0.25, 0.3) is 0 Å². The van der Waals surface area contributed by atoms with Crippen LogP contribution in [0.4, 0.5) is 18.9 Å². The molecule has 0 unspecified atom stereocenters. The summed E-state index contributed by atoms with van der Waals surface area (Å²) in [5.41, 5.74) is 5.17. The molecular formula is C12H19ClF3N. The summed E-state index contributed by atoms with van der Waals surface area (Å²) in [4.78, 5) is 0. The zero-order chi connectivity index (χ0) is 14.2. The summed E-state index contributed by atoms with van der Waals surface area (Å²) in [6.07, 6.45) is -4.42. The molecule has 1 nitrogen and oxygen atoms in total. The number of alkyl halides is 3. The van der Waals surface area contributed by atoms with E-state index in [1.807, 2.05) is 27.7 Å². The third-order valence-corrected chi connectivity index (χ3v) is 1.97. The fourth-order valence-electron chi connectivity index (χ4n) is 0.914. The summed E-state index contributed by atoms with van der Waals surface area (Å²) in [5.74, 6) is 0. The zero-order valence-corrected chi connectivity index (χ0v) is 11.5. The highest BCUT2D eigenvalue weighted by Crippen LogP contribution is 2.36. The Kier molecular flexibility index (Phi) is 8.94. The highest BCUT2D eigenvalue weighted by molar-refractivity contribution is 6.31. The molecule has 0 spiro atoms. The van der Waals surface area contributed by atoms with Crippen LogP contribution in [-0.2, 0) is 6.18 Å². The first-order valence-corrected chi connectivity index (χ1v) is 5.83. The van der Waals surface area contributed by atoms with Crippen LogP contribution in [0.25, 0.3) is 0 Å². The Bertz CT molecular complexity index is 335. The van der Waals surface area contributed by atoms with Gasteiger partial charge in [-0.1, -0.05) is 39.3 Å². The number of nitrogens with two attached hydrogens (primary N) is 1. The molecule has 0 aliphatic heterocycles. The van der Waals surface area contributed by atoms with Gasteiger partial charge in [0.15, 0.2) is 0 Å². The van der Waals surface area contributed by atoms with E-state index in [-0.39, 0.29) is 10.7 Å². The number of nitrogen functional groups attached to an aromatic ring is 1. The maximum atomic E-state index is 12.2. The molecule has 0 atom stereocenters. The standard InChI is InChI=1S/C8H7ClF3N.2C2H6/c1-4-2-5(8(10,11)12)6(9)3-7(4)13;2*1-2/h2-3H,13H2,1H3;2*1-2H3. The van der Waals surface area contributed by atoms with Gasteiger partial charge in [-0.25, -0.2) is 0 Å². The molecule has 1 aromatic carbocycles. The molecule has 17 heavy (non-hydrogen) atoms. The van der Waals surface area contributed by atoms with Crippen LogP contribution in [-0.4, -0.2) is 0 Å². The zero-order valence-electron chi connectivity index (χ0n) is 10.7. The molecular weight excluding hydrogens is 251 g/mol. The SMILES string of the molecule is CC.CC.Cc1cc(C(F)(F)F)c(Cl)cc1N. The molecule has 0 aliphatic rings. The van der Waals surface area contributed by atoms with Crippen LogP contribution in [0.1, 0.15) is 38.8 Å². The molecule has 0 heterocycles. The molecule has 1 aromatic rings. The van der Waals surface area contributed by atoms with E-state index >= 15 is 0 Å². The summed E-state index contributed by atoms with van der Waals surface area (Å²) in [5, 5.41) is -0.365. The predicted molar refractivity (Wildman–Crippen MR) is 68.3 cm³/mol. The first-order chi connectivity index (χ1) is 7.82. The normalized spacial score (nSPS) is 9.71. The lowest BCUT2D eigenvalue weighted by atomic mass is 10.1. The molecule has 0 aromatic heterocycles. The first-order valence-electron chi connectivity index (χ1n) is 5.45. The van der Waals surface area contributed by atoms with Crippen LogP contribution in [0.3, 0.4) is 0 Å². The topological polar surface area (TPSA) is 26.0 Å². The lowest BCUT2D eigenvalue weighted by molar-refractivity contribution is -0.137. The van der Waals surface area contributed by atoms with Crippen molar-refractivity contribution < 1.29 is 13.2 Å². The smallest absolute Gasteiger partial charge is 0.398 e. The second kappa shape index (κ2) is 8.23. The summed E-state index contributed by atoms with van der Waals surface area (Å²) < 4.78 is 36.7. The van der Waals surface area contributed by atoms with Crippen molar-refractivity contribution in [3.8, 4) is 0 Å². The summed E-state index contributed by atoms with van der Waals surface area (Å²) in [7, 11) is 0. The van der Waals surface area contributed by atoms with E-state index in [1.165, 1.54) is 6.92 Å². The van der Waals surface area contributed by atoms with Gasteiger partial charge in [-0.15, -0.1) is 0 Å². The Hall–Kier alpha value is -0.900. The van der Waals surface area contributed by atoms with Crippen molar-refractivity contribution in [2.24, 2.45) is 0 Å². The number of aryl methyl sites for hydroxylation is 1. The molecule has 100 valence electrons. The second-order valence-electron chi connectivity index (χ2n) is 2.69. The maximum absolute atomic E-state index is 12.2. The Labute approximate surface area is 106 Å². The number of hydrogen-bond donors (Lipinski definition) is 1. The van der Waals surface area contributed by atoms with E-state index in [0.29, 0.717) is 5.56 Å². The Morgan fingerprint density at radius 3 is 1.82 bits per heavy atom. The van der Waals surface area contributed by atoms with Gasteiger partial charge in [0.05, 0.1) is 10.6 Å². The van der Waals surface area contributed by atoms with Crippen LogP contribution < -0.4 is 5.73 Å². The molecule has 0 amide bonds. The van der Waals surface area contributed by atoms with Gasteiger partial charge < -0.3 is 5.73 Å². The molecule has 0 radical (unpaired) electrons. The van der Waals surface area contributed by atoms with Crippen molar-refractivity contribution in [3.05, 3.63) is 28.3 Å². The molecule has 0 aliphatic carbocycles. The van der Waals surface area contributed by atoms with Gasteiger partial charge in [-0.3, -0.25) is 0 Å². The van der Waals surface area contributed by atoms with Gasteiger partial charge in [0.2, 0.25) is 0 Å². The first kappa shape index (κ1) is 18.5. The minimum absolute atomic E-state index is 0.262. The van der Waals surface area contributed by atoms with Crippen molar-refractivity contribution in [1.82, 2.24) is 0 Å². The predicted octanol–water partition coefficient (Wildman–Crippen LogP) is 5.30. The van der Waals surface area contributed by atoms with Crippen molar-refractivity contribution in [2.75, 3.05) is 5.73 Å². The molecule has 2 N–H and O–H groups in total. The monoisotopic (exact) mass is 269 g/mol. The molecule has 0 bridgehead atoms. The van der Waals surface area contributed by atoms with E-state index in [1.54, 1.807) is 0 Å². The Morgan fingerprint density at radius 1 is 1.06 bits per heavy atom. The number of halogens is 4. The van der Waals surface area contributed by atoms with Crippen LogP contribution in [0, 0.1) is 6.92 Å². The quantitative estimate of drug-likeness (QED) is 0.635. The van der Waals surface area contributed by atoms with E-state index in [4.69, 9.17) is 17.3 Å². The second-order valence-corrected chi connectivity index (χ2v) is 3.09. The van der Waals surface area contributed by atoms with Crippen molar-refractivity contribution in [2.45, 2.75) is 40.8 Å². The fourth-order valence-corrected chi connectivity index (χ4v) is 1.19. The highest BCUT2D eigenvalue weighted by Gasteiger charge is 2.33. The van der Waals surface area contributed by atoms with Crippen molar-refractivity contribution >= 4 is 17.3 Å². The molecule has 1 rings (SSSR count). The summed E-state index contributed by atoms with van der Waals surface area (Å²) >= 11 is 5.39. The lowest BCUT2D eigenvalue weighted by Crippen LogP contribution is -2.07. The third kappa shape index (κ3) is 5.82. The van der Waals surface area contributed by atoms with E-state index in [9.17, 15) is 13.2 Å². The Morgan fingerprint density at radius 2 is 1.47 bits per heavy atom. The molecule has 0 fully saturated rings.